The highest BCUT2D eigenvalue weighted by molar-refractivity contribution is 5.96. The molecule has 0 spiro atoms. The number of benzene rings is 1. The third kappa shape index (κ3) is 3.04. The van der Waals surface area contributed by atoms with Gasteiger partial charge in [0, 0.05) is 12.6 Å². The molecule has 2 heterocycles. The third-order valence-electron chi connectivity index (χ3n) is 4.09. The van der Waals surface area contributed by atoms with Crippen LogP contribution in [0.5, 0.6) is 5.75 Å². The predicted molar refractivity (Wildman–Crippen MR) is 81.2 cm³/mol. The van der Waals surface area contributed by atoms with Crippen molar-refractivity contribution in [1.29, 1.82) is 0 Å². The predicted octanol–water partition coefficient (Wildman–Crippen LogP) is 1.81. The fraction of sp³-hybridized carbons (Fsp3) is 0.533. The standard InChI is InChI=1S/C15H19N3O4/c19-15(11-16-6-1-2-7-16)17-8-3-9-22-14-10-12(18(20)21)4-5-13(14)17/h4-5,10H,1-3,6-9,11H2. The number of nitro benzene ring substituents is 1. The van der Waals surface area contributed by atoms with E-state index >= 15 is 0 Å². The maximum Gasteiger partial charge on any atom is 0.273 e. The summed E-state index contributed by atoms with van der Waals surface area (Å²) in [4.78, 5) is 26.9. The molecule has 1 aromatic rings. The average molecular weight is 305 g/mol. The summed E-state index contributed by atoms with van der Waals surface area (Å²) >= 11 is 0. The normalized spacial score (nSPS) is 18.5. The second-order valence-electron chi connectivity index (χ2n) is 5.64. The van der Waals surface area contributed by atoms with Gasteiger partial charge in [0.05, 0.1) is 29.8 Å². The molecule has 0 saturated carbocycles. The van der Waals surface area contributed by atoms with Gasteiger partial charge in [-0.15, -0.1) is 0 Å². The number of nitrogens with zero attached hydrogens (tertiary/aromatic N) is 3. The molecule has 1 amide bonds. The van der Waals surface area contributed by atoms with E-state index in [0.717, 1.165) is 25.9 Å². The molecule has 1 saturated heterocycles. The molecule has 0 N–H and O–H groups in total. The van der Waals surface area contributed by atoms with E-state index in [2.05, 4.69) is 4.90 Å². The van der Waals surface area contributed by atoms with Crippen molar-refractivity contribution in [2.24, 2.45) is 0 Å². The number of anilines is 1. The van der Waals surface area contributed by atoms with E-state index in [-0.39, 0.29) is 11.6 Å². The second-order valence-corrected chi connectivity index (χ2v) is 5.64. The Bertz CT molecular complexity index is 584. The Labute approximate surface area is 128 Å². The van der Waals surface area contributed by atoms with Crippen LogP contribution in [0.2, 0.25) is 0 Å². The molecule has 2 aliphatic rings. The SMILES string of the molecule is O=C(CN1CCCC1)N1CCCOc2cc([N+](=O)[O-])ccc21. The van der Waals surface area contributed by atoms with Crippen molar-refractivity contribution >= 4 is 17.3 Å². The van der Waals surface area contributed by atoms with Gasteiger partial charge in [0.1, 0.15) is 5.75 Å². The first-order chi connectivity index (χ1) is 10.6. The fourth-order valence-electron chi connectivity index (χ4n) is 2.96. The van der Waals surface area contributed by atoms with Crippen LogP contribution in [0, 0.1) is 10.1 Å². The molecule has 3 rings (SSSR count). The molecular weight excluding hydrogens is 286 g/mol. The van der Waals surface area contributed by atoms with Crippen molar-refractivity contribution in [1.82, 2.24) is 4.90 Å². The number of non-ortho nitro benzene ring substituents is 1. The number of hydrogen-bond donors (Lipinski definition) is 0. The van der Waals surface area contributed by atoms with Crippen molar-refractivity contribution in [2.75, 3.05) is 37.7 Å². The van der Waals surface area contributed by atoms with E-state index in [1.54, 1.807) is 11.0 Å². The van der Waals surface area contributed by atoms with Gasteiger partial charge in [-0.2, -0.15) is 0 Å². The van der Waals surface area contributed by atoms with Crippen molar-refractivity contribution in [2.45, 2.75) is 19.3 Å². The lowest BCUT2D eigenvalue weighted by Crippen LogP contribution is -2.39. The summed E-state index contributed by atoms with van der Waals surface area (Å²) in [5.41, 5.74) is 0.611. The molecule has 0 aliphatic carbocycles. The van der Waals surface area contributed by atoms with Crippen LogP contribution in [0.3, 0.4) is 0 Å². The van der Waals surface area contributed by atoms with Crippen molar-refractivity contribution in [3.8, 4) is 5.75 Å². The molecule has 0 atom stereocenters. The number of hydrogen-bond acceptors (Lipinski definition) is 5. The monoisotopic (exact) mass is 305 g/mol. The summed E-state index contributed by atoms with van der Waals surface area (Å²) < 4.78 is 5.58. The highest BCUT2D eigenvalue weighted by Gasteiger charge is 2.26. The van der Waals surface area contributed by atoms with E-state index in [4.69, 9.17) is 4.74 Å². The Kier molecular flexibility index (Phi) is 4.24. The molecule has 0 aromatic heterocycles. The van der Waals surface area contributed by atoms with Crippen LogP contribution in [-0.4, -0.2) is 48.5 Å². The molecule has 0 unspecified atom stereocenters. The molecular formula is C15H19N3O4. The van der Waals surface area contributed by atoms with E-state index in [0.29, 0.717) is 37.6 Å². The summed E-state index contributed by atoms with van der Waals surface area (Å²) in [6.45, 7) is 3.36. The molecule has 7 heteroatoms. The van der Waals surface area contributed by atoms with E-state index in [9.17, 15) is 14.9 Å². The number of likely N-dealkylation sites (tertiary alicyclic amines) is 1. The first-order valence-electron chi connectivity index (χ1n) is 7.59. The van der Waals surface area contributed by atoms with Gasteiger partial charge in [0.2, 0.25) is 5.91 Å². The van der Waals surface area contributed by atoms with Gasteiger partial charge in [-0.25, -0.2) is 0 Å². The quantitative estimate of drug-likeness (QED) is 0.629. The summed E-state index contributed by atoms with van der Waals surface area (Å²) in [6.07, 6.45) is 2.99. The van der Waals surface area contributed by atoms with Gasteiger partial charge >= 0.3 is 0 Å². The number of rotatable bonds is 3. The lowest BCUT2D eigenvalue weighted by Gasteiger charge is -2.24. The Morgan fingerprint density at radius 1 is 1.23 bits per heavy atom. The van der Waals surface area contributed by atoms with Crippen LogP contribution >= 0.6 is 0 Å². The molecule has 7 nitrogen and oxygen atoms in total. The maximum atomic E-state index is 12.6. The Morgan fingerprint density at radius 3 is 2.73 bits per heavy atom. The lowest BCUT2D eigenvalue weighted by atomic mass is 10.2. The Balaban J connectivity index is 1.83. The van der Waals surface area contributed by atoms with E-state index < -0.39 is 4.92 Å². The minimum Gasteiger partial charge on any atom is -0.491 e. The molecule has 118 valence electrons. The molecule has 1 aromatic carbocycles. The number of nitro groups is 1. The minimum absolute atomic E-state index is 0.0207. The molecule has 1 fully saturated rings. The topological polar surface area (TPSA) is 75.9 Å². The van der Waals surface area contributed by atoms with Gasteiger partial charge in [0.25, 0.3) is 5.69 Å². The smallest absolute Gasteiger partial charge is 0.273 e. The largest absolute Gasteiger partial charge is 0.491 e. The van der Waals surface area contributed by atoms with Crippen molar-refractivity contribution < 1.29 is 14.5 Å². The van der Waals surface area contributed by atoms with Gasteiger partial charge in [-0.1, -0.05) is 0 Å². The van der Waals surface area contributed by atoms with Gasteiger partial charge in [-0.05, 0) is 38.4 Å². The molecule has 22 heavy (non-hydrogen) atoms. The number of carbonyl (C=O) groups excluding carboxylic acids is 1. The first-order valence-corrected chi connectivity index (χ1v) is 7.59. The second kappa shape index (κ2) is 6.31. The summed E-state index contributed by atoms with van der Waals surface area (Å²) in [6, 6.07) is 4.43. The van der Waals surface area contributed by atoms with E-state index in [1.807, 2.05) is 0 Å². The van der Waals surface area contributed by atoms with Gasteiger partial charge < -0.3 is 9.64 Å². The van der Waals surface area contributed by atoms with Crippen LogP contribution in [0.1, 0.15) is 19.3 Å². The number of fused-ring (bicyclic) bond motifs is 1. The highest BCUT2D eigenvalue weighted by atomic mass is 16.6. The number of ether oxygens (including phenoxy) is 1. The fourth-order valence-corrected chi connectivity index (χ4v) is 2.96. The zero-order valence-corrected chi connectivity index (χ0v) is 12.4. The molecule has 0 bridgehead atoms. The number of carbonyl (C=O) groups is 1. The van der Waals surface area contributed by atoms with Crippen molar-refractivity contribution in [3.63, 3.8) is 0 Å². The zero-order valence-electron chi connectivity index (χ0n) is 12.4. The highest BCUT2D eigenvalue weighted by Crippen LogP contribution is 2.34. The number of amides is 1. The van der Waals surface area contributed by atoms with E-state index in [1.165, 1.54) is 12.1 Å². The lowest BCUT2D eigenvalue weighted by molar-refractivity contribution is -0.384. The maximum absolute atomic E-state index is 12.6. The van der Waals surface area contributed by atoms with Crippen LogP contribution in [-0.2, 0) is 4.79 Å². The summed E-state index contributed by atoms with van der Waals surface area (Å²) in [5.74, 6) is 0.448. The molecule has 0 radical (unpaired) electrons. The zero-order chi connectivity index (χ0) is 15.5. The van der Waals surface area contributed by atoms with Crippen LogP contribution in [0.15, 0.2) is 18.2 Å². The van der Waals surface area contributed by atoms with Crippen molar-refractivity contribution in [3.05, 3.63) is 28.3 Å². The summed E-state index contributed by atoms with van der Waals surface area (Å²) in [5, 5.41) is 10.9. The van der Waals surface area contributed by atoms with Crippen LogP contribution in [0.4, 0.5) is 11.4 Å². The van der Waals surface area contributed by atoms with Crippen LogP contribution in [0.25, 0.3) is 0 Å². The third-order valence-corrected chi connectivity index (χ3v) is 4.09. The van der Waals surface area contributed by atoms with Crippen LogP contribution < -0.4 is 9.64 Å². The molecule has 2 aliphatic heterocycles. The van der Waals surface area contributed by atoms with Gasteiger partial charge in [-0.3, -0.25) is 19.8 Å². The Hall–Kier alpha value is -2.15. The Morgan fingerprint density at radius 2 is 2.00 bits per heavy atom. The summed E-state index contributed by atoms with van der Waals surface area (Å²) in [7, 11) is 0. The minimum atomic E-state index is -0.453. The van der Waals surface area contributed by atoms with Gasteiger partial charge in [0.15, 0.2) is 0 Å². The average Bonchev–Trinajstić information content (AvgIpc) is 2.91. The first kappa shape index (κ1) is 14.8.